The van der Waals surface area contributed by atoms with Gasteiger partial charge in [-0.05, 0) is 36.1 Å². The number of hydrogen-bond acceptors (Lipinski definition) is 7. The van der Waals surface area contributed by atoms with Gasteiger partial charge >= 0.3 is 0 Å². The summed E-state index contributed by atoms with van der Waals surface area (Å²) in [5.74, 6) is -0.988. The van der Waals surface area contributed by atoms with Crippen LogP contribution in [0.4, 0.5) is 0 Å². The third-order valence-corrected chi connectivity index (χ3v) is 6.18. The van der Waals surface area contributed by atoms with E-state index in [-0.39, 0.29) is 37.6 Å². The van der Waals surface area contributed by atoms with E-state index in [1.54, 1.807) is 6.20 Å². The Balaban J connectivity index is 1.69. The molecular formula is C28H36N6O3. The number of fused-ring (bicyclic) bond motifs is 1. The van der Waals surface area contributed by atoms with Gasteiger partial charge in [-0.25, -0.2) is 0 Å². The average Bonchev–Trinajstić information content (AvgIpc) is 2.91. The van der Waals surface area contributed by atoms with E-state index < -0.39 is 18.0 Å². The van der Waals surface area contributed by atoms with Gasteiger partial charge in [-0.3, -0.25) is 19.4 Å². The zero-order chi connectivity index (χ0) is 26.6. The number of aromatic nitrogens is 1. The van der Waals surface area contributed by atoms with Crippen LogP contribution in [0.2, 0.25) is 0 Å². The molecule has 7 N–H and O–H groups in total. The summed E-state index contributed by atoms with van der Waals surface area (Å²) >= 11 is 0. The van der Waals surface area contributed by atoms with Crippen molar-refractivity contribution in [2.75, 3.05) is 26.2 Å². The molecule has 0 saturated carbocycles. The Hall–Kier alpha value is -3.66. The van der Waals surface area contributed by atoms with Crippen LogP contribution in [-0.2, 0) is 27.2 Å². The van der Waals surface area contributed by atoms with Crippen LogP contribution in [0.25, 0.3) is 10.9 Å². The minimum Gasteiger partial charge on any atom is -0.345 e. The van der Waals surface area contributed by atoms with Crippen molar-refractivity contribution >= 4 is 28.5 Å². The van der Waals surface area contributed by atoms with Crippen molar-refractivity contribution in [3.63, 3.8) is 0 Å². The molecule has 0 aliphatic carbocycles. The third kappa shape index (κ3) is 8.45. The summed E-state index contributed by atoms with van der Waals surface area (Å²) in [4.78, 5) is 44.8. The number of hydrogen-bond donors (Lipinski definition) is 4. The number of para-hydroxylation sites is 1. The van der Waals surface area contributed by atoms with Crippen LogP contribution < -0.4 is 22.5 Å². The van der Waals surface area contributed by atoms with E-state index >= 15 is 0 Å². The number of nitrogens with one attached hydrogen (secondary N) is 1. The number of carbonyl (C=O) groups is 3. The van der Waals surface area contributed by atoms with Crippen LogP contribution in [0.1, 0.15) is 24.0 Å². The predicted octanol–water partition coefficient (Wildman–Crippen LogP) is 0.927. The quantitative estimate of drug-likeness (QED) is 0.254. The number of nitrogens with two attached hydrogens (primary N) is 3. The molecule has 0 unspecified atom stereocenters. The lowest BCUT2D eigenvalue weighted by molar-refractivity contribution is -0.134. The monoisotopic (exact) mass is 504 g/mol. The van der Waals surface area contributed by atoms with Gasteiger partial charge in [0.2, 0.25) is 11.8 Å². The van der Waals surface area contributed by atoms with Crippen molar-refractivity contribution in [3.8, 4) is 0 Å². The number of nitrogens with zero attached hydrogens (tertiary/aromatic N) is 2. The second-order valence-corrected chi connectivity index (χ2v) is 9.03. The summed E-state index contributed by atoms with van der Waals surface area (Å²) in [6.45, 7) is 1.24. The first-order valence-electron chi connectivity index (χ1n) is 12.6. The molecule has 196 valence electrons. The summed E-state index contributed by atoms with van der Waals surface area (Å²) < 4.78 is 0. The lowest BCUT2D eigenvalue weighted by Gasteiger charge is -2.24. The zero-order valence-corrected chi connectivity index (χ0v) is 21.0. The molecule has 37 heavy (non-hydrogen) atoms. The molecule has 0 aliphatic rings. The number of aryl methyl sites for hydroxylation is 1. The molecule has 2 aromatic carbocycles. The van der Waals surface area contributed by atoms with Gasteiger partial charge < -0.3 is 27.4 Å². The molecule has 2 atom stereocenters. The number of Topliss-reactive ketones (excluding diaryl/α,β-unsaturated/α-hetero) is 1. The van der Waals surface area contributed by atoms with Crippen LogP contribution in [-0.4, -0.2) is 65.7 Å². The summed E-state index contributed by atoms with van der Waals surface area (Å²) in [5, 5.41) is 3.74. The maximum atomic E-state index is 13.3. The highest BCUT2D eigenvalue weighted by molar-refractivity contribution is 5.94. The summed E-state index contributed by atoms with van der Waals surface area (Å²) in [6.07, 6.45) is 2.61. The van der Waals surface area contributed by atoms with Crippen molar-refractivity contribution in [2.45, 2.75) is 37.8 Å². The van der Waals surface area contributed by atoms with E-state index in [9.17, 15) is 14.4 Å². The van der Waals surface area contributed by atoms with Gasteiger partial charge in [-0.2, -0.15) is 0 Å². The fraction of sp³-hybridized carbons (Fsp3) is 0.357. The molecule has 0 radical (unpaired) electrons. The molecule has 3 rings (SSSR count). The summed E-state index contributed by atoms with van der Waals surface area (Å²) in [5.41, 5.74) is 19.9. The third-order valence-electron chi connectivity index (χ3n) is 6.18. The number of benzene rings is 2. The molecule has 9 nitrogen and oxygen atoms in total. The molecule has 9 heteroatoms. The highest BCUT2D eigenvalue weighted by atomic mass is 16.2. The topological polar surface area (TPSA) is 157 Å². The minimum absolute atomic E-state index is 0.118. The van der Waals surface area contributed by atoms with Crippen molar-refractivity contribution < 1.29 is 14.4 Å². The van der Waals surface area contributed by atoms with E-state index in [4.69, 9.17) is 17.2 Å². The van der Waals surface area contributed by atoms with Gasteiger partial charge in [0, 0.05) is 44.2 Å². The van der Waals surface area contributed by atoms with E-state index in [0.717, 1.165) is 22.0 Å². The highest BCUT2D eigenvalue weighted by Crippen LogP contribution is 2.15. The van der Waals surface area contributed by atoms with E-state index in [1.807, 2.05) is 60.7 Å². The number of rotatable bonds is 14. The fourth-order valence-corrected chi connectivity index (χ4v) is 4.17. The zero-order valence-electron chi connectivity index (χ0n) is 21.0. The largest absolute Gasteiger partial charge is 0.345 e. The van der Waals surface area contributed by atoms with Crippen LogP contribution in [0, 0.1) is 0 Å². The molecule has 1 aromatic heterocycles. The van der Waals surface area contributed by atoms with Gasteiger partial charge in [-0.15, -0.1) is 0 Å². The van der Waals surface area contributed by atoms with Crippen molar-refractivity contribution in [3.05, 3.63) is 78.0 Å². The van der Waals surface area contributed by atoms with E-state index in [1.165, 1.54) is 4.90 Å². The Morgan fingerprint density at radius 1 is 0.919 bits per heavy atom. The van der Waals surface area contributed by atoms with Crippen LogP contribution in [0.5, 0.6) is 0 Å². The number of carbonyl (C=O) groups excluding carboxylic acids is 3. The summed E-state index contributed by atoms with van der Waals surface area (Å²) in [7, 11) is 0. The Morgan fingerprint density at radius 2 is 1.59 bits per heavy atom. The maximum Gasteiger partial charge on any atom is 0.238 e. The Morgan fingerprint density at radius 3 is 2.30 bits per heavy atom. The van der Waals surface area contributed by atoms with Crippen molar-refractivity contribution in [2.24, 2.45) is 17.2 Å². The SMILES string of the molecule is NCCN(CCN)C(=O)C[C@H](N)C(=O)N[C@H](CCc1ccccc1)C(=O)Cc1cnc2ccccc2c1. The smallest absolute Gasteiger partial charge is 0.238 e. The Bertz CT molecular complexity index is 1180. The molecule has 3 aromatic rings. The molecule has 0 spiro atoms. The summed E-state index contributed by atoms with van der Waals surface area (Å²) in [6, 6.07) is 17.5. The second-order valence-electron chi connectivity index (χ2n) is 9.03. The average molecular weight is 505 g/mol. The molecule has 0 fully saturated rings. The first-order chi connectivity index (χ1) is 17.9. The highest BCUT2D eigenvalue weighted by Gasteiger charge is 2.26. The maximum absolute atomic E-state index is 13.3. The van der Waals surface area contributed by atoms with Crippen molar-refractivity contribution in [1.29, 1.82) is 0 Å². The van der Waals surface area contributed by atoms with Gasteiger partial charge in [0.05, 0.1) is 24.0 Å². The van der Waals surface area contributed by atoms with E-state index in [2.05, 4.69) is 10.3 Å². The number of amides is 2. The first-order valence-corrected chi connectivity index (χ1v) is 12.6. The lowest BCUT2D eigenvalue weighted by Crippen LogP contribution is -2.51. The molecule has 0 saturated heterocycles. The molecular weight excluding hydrogens is 468 g/mol. The molecule has 0 bridgehead atoms. The van der Waals surface area contributed by atoms with Crippen LogP contribution in [0.3, 0.4) is 0 Å². The van der Waals surface area contributed by atoms with E-state index in [0.29, 0.717) is 25.9 Å². The fourth-order valence-electron chi connectivity index (χ4n) is 4.17. The normalized spacial score (nSPS) is 12.6. The van der Waals surface area contributed by atoms with Crippen molar-refractivity contribution in [1.82, 2.24) is 15.2 Å². The molecule has 0 aliphatic heterocycles. The van der Waals surface area contributed by atoms with Gasteiger partial charge in [0.25, 0.3) is 0 Å². The van der Waals surface area contributed by atoms with Gasteiger partial charge in [0.15, 0.2) is 5.78 Å². The number of ketones is 1. The molecule has 2 amide bonds. The second kappa shape index (κ2) is 14.2. The Kier molecular flexibility index (Phi) is 10.7. The number of pyridine rings is 1. The first kappa shape index (κ1) is 27.9. The predicted molar refractivity (Wildman–Crippen MR) is 144 cm³/mol. The van der Waals surface area contributed by atoms with Crippen LogP contribution >= 0.6 is 0 Å². The lowest BCUT2D eigenvalue weighted by atomic mass is 9.97. The standard InChI is InChI=1S/C28H36N6O3/c29-12-14-34(15-13-30)27(36)18-23(31)28(37)33-25(11-10-20-6-2-1-3-7-20)26(35)17-21-16-22-8-4-5-9-24(22)32-19-21/h1-9,16,19,23,25H,10-15,17-18,29-31H2,(H,33,37)/t23-,25+/m0/s1. The molecule has 1 heterocycles. The van der Waals surface area contributed by atoms with Gasteiger partial charge in [0.1, 0.15) is 0 Å². The van der Waals surface area contributed by atoms with Gasteiger partial charge in [-0.1, -0.05) is 48.5 Å². The minimum atomic E-state index is -1.10. The van der Waals surface area contributed by atoms with Crippen LogP contribution in [0.15, 0.2) is 66.9 Å². The Labute approximate surface area is 217 Å².